The number of hydrogen-bond donors (Lipinski definition) is 0. The predicted molar refractivity (Wildman–Crippen MR) is 297 cm³/mol. The second-order valence-electron chi connectivity index (χ2n) is 17.3. The first-order valence-electron chi connectivity index (χ1n) is 23.1. The minimum atomic E-state index is 1.16. The van der Waals surface area contributed by atoms with Gasteiger partial charge in [-0.25, -0.2) is 0 Å². The number of nitrogens with zero attached hydrogens (tertiary/aromatic N) is 2. The van der Waals surface area contributed by atoms with Crippen molar-refractivity contribution in [2.45, 2.75) is 6.92 Å². The lowest BCUT2D eigenvalue weighted by molar-refractivity contribution is 1.18. The van der Waals surface area contributed by atoms with Crippen molar-refractivity contribution in [2.24, 2.45) is 0 Å². The Balaban J connectivity index is 0.000000647. The number of rotatable bonds is 5. The number of fused-ring (bicyclic) bond motifs is 13. The third kappa shape index (κ3) is 6.46. The lowest BCUT2D eigenvalue weighted by Crippen LogP contribution is -1.95. The fraction of sp³-hybridized carbons (Fsp3) is 0.0154. The van der Waals surface area contributed by atoms with Gasteiger partial charge < -0.3 is 9.13 Å². The van der Waals surface area contributed by atoms with Crippen molar-refractivity contribution >= 4 is 85.9 Å². The number of hydrogen-bond acceptors (Lipinski definition) is 1. The van der Waals surface area contributed by atoms with E-state index in [0.717, 1.165) is 5.69 Å². The summed E-state index contributed by atoms with van der Waals surface area (Å²) in [5, 5.41) is 10.4. The lowest BCUT2D eigenvalue weighted by atomic mass is 9.96. The molecule has 0 fully saturated rings. The van der Waals surface area contributed by atoms with Crippen LogP contribution in [0.25, 0.3) is 130 Å². The highest BCUT2D eigenvalue weighted by molar-refractivity contribution is 7.25. The second-order valence-corrected chi connectivity index (χ2v) is 18.4. The smallest absolute Gasteiger partial charge is 0.0553 e. The fourth-order valence-corrected chi connectivity index (χ4v) is 11.7. The summed E-state index contributed by atoms with van der Waals surface area (Å²) in [6.45, 7) is 12.0. The molecule has 3 aromatic heterocycles. The molecule has 1 aliphatic rings. The Hall–Kier alpha value is -8.50. The Bertz CT molecular complexity index is 4150. The van der Waals surface area contributed by atoms with Gasteiger partial charge in [-0.05, 0) is 135 Å². The molecule has 14 rings (SSSR count). The third-order valence-corrected chi connectivity index (χ3v) is 14.5. The molecule has 13 aromatic rings. The SMILES string of the molecule is C=CC.C=CC=C.c1ccc(-c2cccc(-n3c4ccc(-c5ccc6c(c5)c5ccccc5n6-c5ccc6sc7ccccc7c6c5)cc4c4c5cccc6c5c(cc43)-c3ccccc3-6)c2)cc1. The van der Waals surface area contributed by atoms with E-state index in [1.54, 1.807) is 18.2 Å². The molecule has 0 saturated carbocycles. The van der Waals surface area contributed by atoms with Gasteiger partial charge in [0.25, 0.3) is 0 Å². The van der Waals surface area contributed by atoms with Crippen LogP contribution in [0.4, 0.5) is 0 Å². The van der Waals surface area contributed by atoms with E-state index in [0.29, 0.717) is 0 Å². The van der Waals surface area contributed by atoms with Crippen LogP contribution < -0.4 is 0 Å². The normalized spacial score (nSPS) is 11.5. The minimum Gasteiger partial charge on any atom is -0.309 e. The zero-order valence-electron chi connectivity index (χ0n) is 37.8. The van der Waals surface area contributed by atoms with Crippen LogP contribution in [0.15, 0.2) is 244 Å². The molecule has 0 aliphatic heterocycles. The highest BCUT2D eigenvalue weighted by Gasteiger charge is 2.26. The van der Waals surface area contributed by atoms with E-state index in [4.69, 9.17) is 0 Å². The molecule has 3 heteroatoms. The van der Waals surface area contributed by atoms with Crippen LogP contribution in [0, 0.1) is 0 Å². The van der Waals surface area contributed by atoms with E-state index in [2.05, 4.69) is 235 Å². The van der Waals surface area contributed by atoms with Crippen LogP contribution in [0.2, 0.25) is 0 Å². The molecule has 0 amide bonds. The number of aromatic nitrogens is 2. The van der Waals surface area contributed by atoms with Crippen molar-refractivity contribution in [3.8, 4) is 55.9 Å². The van der Waals surface area contributed by atoms with E-state index >= 15 is 0 Å². The van der Waals surface area contributed by atoms with Crippen LogP contribution in [0.3, 0.4) is 0 Å². The summed E-state index contributed by atoms with van der Waals surface area (Å²) >= 11 is 1.87. The summed E-state index contributed by atoms with van der Waals surface area (Å²) in [5.41, 5.74) is 17.3. The molecule has 1 aliphatic carbocycles. The van der Waals surface area contributed by atoms with Gasteiger partial charge in [-0.15, -0.1) is 17.9 Å². The van der Waals surface area contributed by atoms with Gasteiger partial charge in [-0.3, -0.25) is 0 Å². The summed E-state index contributed by atoms with van der Waals surface area (Å²) in [7, 11) is 0. The molecule has 0 unspecified atom stereocenters. The maximum Gasteiger partial charge on any atom is 0.0553 e. The first kappa shape index (κ1) is 41.0. The van der Waals surface area contributed by atoms with Gasteiger partial charge in [-0.1, -0.05) is 165 Å². The quantitative estimate of drug-likeness (QED) is 0.120. The average molecular weight is 887 g/mol. The summed E-state index contributed by atoms with van der Waals surface area (Å²) in [6.07, 6.45) is 5.03. The van der Waals surface area contributed by atoms with Crippen molar-refractivity contribution in [3.05, 3.63) is 244 Å². The van der Waals surface area contributed by atoms with Gasteiger partial charge in [0.2, 0.25) is 0 Å². The number of allylic oxidation sites excluding steroid dienone is 3. The highest BCUT2D eigenvalue weighted by Crippen LogP contribution is 2.51. The van der Waals surface area contributed by atoms with E-state index < -0.39 is 0 Å². The molecule has 322 valence electrons. The topological polar surface area (TPSA) is 9.86 Å². The van der Waals surface area contributed by atoms with Crippen LogP contribution in [-0.2, 0) is 0 Å². The molecular weight excluding hydrogens is 841 g/mol. The van der Waals surface area contributed by atoms with Crippen molar-refractivity contribution in [2.75, 3.05) is 0 Å². The van der Waals surface area contributed by atoms with Gasteiger partial charge in [0.15, 0.2) is 0 Å². The van der Waals surface area contributed by atoms with E-state index in [9.17, 15) is 0 Å². The average Bonchev–Trinajstić information content (AvgIpc) is 4.13. The van der Waals surface area contributed by atoms with Crippen LogP contribution in [0.1, 0.15) is 6.92 Å². The molecule has 0 spiro atoms. The van der Waals surface area contributed by atoms with Crippen LogP contribution in [-0.4, -0.2) is 9.13 Å². The van der Waals surface area contributed by atoms with Gasteiger partial charge in [0.1, 0.15) is 0 Å². The zero-order chi connectivity index (χ0) is 45.9. The van der Waals surface area contributed by atoms with Crippen molar-refractivity contribution in [3.63, 3.8) is 0 Å². The highest BCUT2D eigenvalue weighted by atomic mass is 32.1. The molecule has 2 nitrogen and oxygen atoms in total. The molecular formula is C65H46N2S. The second kappa shape index (κ2) is 16.7. The molecule has 3 heterocycles. The number of benzene rings is 10. The summed E-state index contributed by atoms with van der Waals surface area (Å²) < 4.78 is 7.59. The maximum atomic E-state index is 3.36. The molecule has 0 N–H and O–H groups in total. The first-order chi connectivity index (χ1) is 33.6. The Morgan fingerprint density at radius 3 is 1.66 bits per heavy atom. The largest absolute Gasteiger partial charge is 0.309 e. The van der Waals surface area contributed by atoms with Gasteiger partial charge in [-0.2, -0.15) is 0 Å². The van der Waals surface area contributed by atoms with Crippen molar-refractivity contribution in [1.82, 2.24) is 9.13 Å². The monoisotopic (exact) mass is 886 g/mol. The molecule has 0 radical (unpaired) electrons. The van der Waals surface area contributed by atoms with E-state index in [-0.39, 0.29) is 0 Å². The molecule has 0 saturated heterocycles. The standard InChI is InChI=1S/C58H34N2S.C4H6.C3H6/c1-2-12-35(13-3-1)36-14-10-15-39(30-36)60-53-28-25-38(32-50(53)58-46-21-11-20-45-41-16-4-5-17-42(41)49(57(45)46)34-54(58)60)37-24-27-52-47(31-37)43-18-6-8-22-51(43)59(52)40-26-29-56-48(33-40)44-19-7-9-23-55(44)61-56;1-3-4-2;1-3-2/h1-34H;3-4H,1-2H2;3H,1H2,2H3. The third-order valence-electron chi connectivity index (χ3n) is 13.4. The van der Waals surface area contributed by atoms with Crippen molar-refractivity contribution < 1.29 is 0 Å². The van der Waals surface area contributed by atoms with E-state index in [1.165, 1.54) is 125 Å². The molecule has 10 aromatic carbocycles. The van der Waals surface area contributed by atoms with E-state index in [1.807, 2.05) is 18.3 Å². The summed E-state index contributed by atoms with van der Waals surface area (Å²) in [6, 6.07) is 76.7. The number of thiophene rings is 1. The molecule has 68 heavy (non-hydrogen) atoms. The first-order valence-corrected chi connectivity index (χ1v) is 24.0. The van der Waals surface area contributed by atoms with Gasteiger partial charge >= 0.3 is 0 Å². The minimum absolute atomic E-state index is 1.16. The van der Waals surface area contributed by atoms with Crippen LogP contribution >= 0.6 is 11.3 Å². The lowest BCUT2D eigenvalue weighted by Gasteiger charge is -2.12. The Morgan fingerprint density at radius 2 is 0.882 bits per heavy atom. The summed E-state index contributed by atoms with van der Waals surface area (Å²) in [5.74, 6) is 0. The Morgan fingerprint density at radius 1 is 0.338 bits per heavy atom. The van der Waals surface area contributed by atoms with Crippen LogP contribution in [0.5, 0.6) is 0 Å². The zero-order valence-corrected chi connectivity index (χ0v) is 38.6. The molecule has 0 atom stereocenters. The number of para-hydroxylation sites is 1. The maximum absolute atomic E-state index is 3.36. The van der Waals surface area contributed by atoms with Crippen molar-refractivity contribution in [1.29, 1.82) is 0 Å². The summed E-state index contributed by atoms with van der Waals surface area (Å²) in [4.78, 5) is 0. The van der Waals surface area contributed by atoms with Gasteiger partial charge in [0, 0.05) is 53.1 Å². The predicted octanol–water partition coefficient (Wildman–Crippen LogP) is 18.9. The molecule has 0 bridgehead atoms. The fourth-order valence-electron chi connectivity index (χ4n) is 10.6. The Kier molecular flexibility index (Phi) is 10.1. The Labute approximate surface area is 399 Å². The van der Waals surface area contributed by atoms with Gasteiger partial charge in [0.05, 0.1) is 22.1 Å².